The predicted octanol–water partition coefficient (Wildman–Crippen LogP) is 5.08. The monoisotopic (exact) mass is 419 g/mol. The van der Waals surface area contributed by atoms with E-state index in [4.69, 9.17) is 4.74 Å². The van der Waals surface area contributed by atoms with Crippen molar-refractivity contribution in [1.82, 2.24) is 0 Å². The summed E-state index contributed by atoms with van der Waals surface area (Å²) in [6, 6.07) is 17.3. The van der Waals surface area contributed by atoms with Gasteiger partial charge in [0.1, 0.15) is 17.6 Å². The van der Waals surface area contributed by atoms with Crippen molar-refractivity contribution in [2.24, 2.45) is 0 Å². The van der Waals surface area contributed by atoms with E-state index in [0.717, 1.165) is 10.4 Å². The van der Waals surface area contributed by atoms with Crippen LogP contribution in [-0.4, -0.2) is 23.4 Å². The topological polar surface area (TPSA) is 66.8 Å². The Balaban J connectivity index is 1.87. The Kier molecular flexibility index (Phi) is 5.42. The molecule has 0 aliphatic carbocycles. The van der Waals surface area contributed by atoms with Gasteiger partial charge in [0.2, 0.25) is 0 Å². The molecule has 1 atom stereocenters. The zero-order chi connectivity index (χ0) is 21.3. The number of benzene rings is 2. The summed E-state index contributed by atoms with van der Waals surface area (Å²) in [5.41, 5.74) is 2.09. The standard InChI is InChI=1S/C24H21NO4S/c1-3-29-17-12-10-16(11-13-17)22(26)20-21(19-9-6-14-30-19)25(24(28)23(20)27)18-8-5-4-7-15(18)2/h4-14,21,26H,3H2,1-2H3/b22-20-. The van der Waals surface area contributed by atoms with Crippen molar-refractivity contribution in [3.05, 3.63) is 87.6 Å². The molecule has 1 aliphatic rings. The van der Waals surface area contributed by atoms with Gasteiger partial charge in [0.15, 0.2) is 0 Å². The van der Waals surface area contributed by atoms with Gasteiger partial charge in [-0.3, -0.25) is 14.5 Å². The Morgan fingerprint density at radius 3 is 2.43 bits per heavy atom. The summed E-state index contributed by atoms with van der Waals surface area (Å²) in [5.74, 6) is -0.853. The number of hydrogen-bond acceptors (Lipinski definition) is 5. The first-order valence-electron chi connectivity index (χ1n) is 9.66. The number of nitrogens with zero attached hydrogens (tertiary/aromatic N) is 1. The zero-order valence-electron chi connectivity index (χ0n) is 16.7. The van der Waals surface area contributed by atoms with Gasteiger partial charge >= 0.3 is 0 Å². The van der Waals surface area contributed by atoms with Gasteiger partial charge in [-0.05, 0) is 61.2 Å². The maximum Gasteiger partial charge on any atom is 0.300 e. The SMILES string of the molecule is CCOc1ccc(/C(O)=C2/C(=O)C(=O)N(c3ccccc3C)C2c2cccs2)cc1. The predicted molar refractivity (Wildman–Crippen MR) is 118 cm³/mol. The lowest BCUT2D eigenvalue weighted by molar-refractivity contribution is -0.132. The van der Waals surface area contributed by atoms with Gasteiger partial charge in [-0.15, -0.1) is 11.3 Å². The minimum Gasteiger partial charge on any atom is -0.507 e. The normalized spacial score (nSPS) is 18.1. The average molecular weight is 420 g/mol. The number of aliphatic hydroxyl groups excluding tert-OH is 1. The summed E-state index contributed by atoms with van der Waals surface area (Å²) in [6.07, 6.45) is 0. The summed E-state index contributed by atoms with van der Waals surface area (Å²) < 4.78 is 5.45. The van der Waals surface area contributed by atoms with Crippen LogP contribution < -0.4 is 9.64 Å². The Bertz CT molecular complexity index is 1120. The van der Waals surface area contributed by atoms with Crippen molar-refractivity contribution >= 4 is 34.5 Å². The average Bonchev–Trinajstić information content (AvgIpc) is 3.36. The summed E-state index contributed by atoms with van der Waals surface area (Å²) in [4.78, 5) is 28.4. The number of carbonyl (C=O) groups excluding carboxylic acids is 2. The second-order valence-electron chi connectivity index (χ2n) is 6.93. The number of ether oxygens (including phenoxy) is 1. The number of aliphatic hydroxyl groups is 1. The summed E-state index contributed by atoms with van der Waals surface area (Å²) >= 11 is 1.44. The number of hydrogen-bond donors (Lipinski definition) is 1. The molecule has 0 bridgehead atoms. The van der Waals surface area contributed by atoms with Gasteiger partial charge in [-0.25, -0.2) is 0 Å². The van der Waals surface area contributed by atoms with Crippen molar-refractivity contribution < 1.29 is 19.4 Å². The Morgan fingerprint density at radius 2 is 1.80 bits per heavy atom. The lowest BCUT2D eigenvalue weighted by atomic mass is 9.99. The number of rotatable bonds is 5. The number of aryl methyl sites for hydroxylation is 1. The van der Waals surface area contributed by atoms with Crippen LogP contribution in [0.15, 0.2) is 71.6 Å². The summed E-state index contributed by atoms with van der Waals surface area (Å²) in [7, 11) is 0. The molecular weight excluding hydrogens is 398 g/mol. The van der Waals surface area contributed by atoms with Crippen LogP contribution in [0.5, 0.6) is 5.75 Å². The molecule has 2 aromatic carbocycles. The van der Waals surface area contributed by atoms with E-state index < -0.39 is 17.7 Å². The molecule has 3 aromatic rings. The Labute approximate surface area is 178 Å². The molecule has 1 fully saturated rings. The van der Waals surface area contributed by atoms with Gasteiger partial charge in [0.05, 0.1) is 12.2 Å². The van der Waals surface area contributed by atoms with Gasteiger partial charge in [-0.2, -0.15) is 0 Å². The smallest absolute Gasteiger partial charge is 0.300 e. The van der Waals surface area contributed by atoms with E-state index in [0.29, 0.717) is 23.6 Å². The lowest BCUT2D eigenvalue weighted by Crippen LogP contribution is -2.29. The fourth-order valence-electron chi connectivity index (χ4n) is 3.66. The van der Waals surface area contributed by atoms with Gasteiger partial charge < -0.3 is 9.84 Å². The molecule has 6 heteroatoms. The highest BCUT2D eigenvalue weighted by atomic mass is 32.1. The molecule has 0 radical (unpaired) electrons. The second kappa shape index (κ2) is 8.16. The molecule has 1 saturated heterocycles. The third-order valence-corrected chi connectivity index (χ3v) is 6.00. The molecule has 1 amide bonds. The number of para-hydroxylation sites is 1. The van der Waals surface area contributed by atoms with Crippen LogP contribution in [0.1, 0.15) is 29.0 Å². The molecule has 152 valence electrons. The van der Waals surface area contributed by atoms with Crippen molar-refractivity contribution in [1.29, 1.82) is 0 Å². The first-order valence-corrected chi connectivity index (χ1v) is 10.5. The number of carbonyl (C=O) groups is 2. The van der Waals surface area contributed by atoms with Crippen LogP contribution in [0, 0.1) is 6.92 Å². The quantitative estimate of drug-likeness (QED) is 0.356. The fraction of sp³-hybridized carbons (Fsp3) is 0.167. The van der Waals surface area contributed by atoms with Gasteiger partial charge in [-0.1, -0.05) is 24.3 Å². The van der Waals surface area contributed by atoms with E-state index in [2.05, 4.69) is 0 Å². The van der Waals surface area contributed by atoms with Crippen LogP contribution in [0.25, 0.3) is 5.76 Å². The first-order chi connectivity index (χ1) is 14.5. The highest BCUT2D eigenvalue weighted by Crippen LogP contribution is 2.44. The van der Waals surface area contributed by atoms with Crippen molar-refractivity contribution in [3.63, 3.8) is 0 Å². The van der Waals surface area contributed by atoms with Crippen molar-refractivity contribution in [2.45, 2.75) is 19.9 Å². The molecule has 30 heavy (non-hydrogen) atoms. The molecular formula is C24H21NO4S. The minimum atomic E-state index is -0.692. The molecule has 2 heterocycles. The molecule has 1 aliphatic heterocycles. The van der Waals surface area contributed by atoms with Crippen LogP contribution in [0.4, 0.5) is 5.69 Å². The molecule has 0 saturated carbocycles. The Hall–Kier alpha value is -3.38. The molecule has 1 aromatic heterocycles. The van der Waals surface area contributed by atoms with Gasteiger partial charge in [0, 0.05) is 16.1 Å². The van der Waals surface area contributed by atoms with E-state index in [9.17, 15) is 14.7 Å². The van der Waals surface area contributed by atoms with Crippen LogP contribution in [0.3, 0.4) is 0 Å². The molecule has 1 N–H and O–H groups in total. The van der Waals surface area contributed by atoms with E-state index in [1.54, 1.807) is 24.3 Å². The molecule has 0 spiro atoms. The maximum absolute atomic E-state index is 13.1. The zero-order valence-corrected chi connectivity index (χ0v) is 17.5. The largest absolute Gasteiger partial charge is 0.507 e. The molecule has 1 unspecified atom stereocenters. The van der Waals surface area contributed by atoms with Crippen LogP contribution in [-0.2, 0) is 9.59 Å². The number of ketones is 1. The van der Waals surface area contributed by atoms with Crippen molar-refractivity contribution in [2.75, 3.05) is 11.5 Å². The highest BCUT2D eigenvalue weighted by Gasteiger charge is 2.47. The maximum atomic E-state index is 13.1. The van der Waals surface area contributed by atoms with Crippen molar-refractivity contribution in [3.8, 4) is 5.75 Å². The minimum absolute atomic E-state index is 0.0925. The van der Waals surface area contributed by atoms with E-state index in [1.165, 1.54) is 16.2 Å². The first kappa shape index (κ1) is 19.9. The number of Topliss-reactive ketones (excluding diaryl/α,β-unsaturated/α-hetero) is 1. The van der Waals surface area contributed by atoms with Crippen LogP contribution in [0.2, 0.25) is 0 Å². The molecule has 5 nitrogen and oxygen atoms in total. The highest BCUT2D eigenvalue weighted by molar-refractivity contribution is 7.10. The number of anilines is 1. The third kappa shape index (κ3) is 3.39. The summed E-state index contributed by atoms with van der Waals surface area (Å²) in [5, 5.41) is 13.0. The van der Waals surface area contributed by atoms with Crippen LogP contribution >= 0.6 is 11.3 Å². The van der Waals surface area contributed by atoms with Gasteiger partial charge in [0.25, 0.3) is 11.7 Å². The third-order valence-electron chi connectivity index (χ3n) is 5.07. The van der Waals surface area contributed by atoms with E-state index in [1.807, 2.05) is 55.6 Å². The lowest BCUT2D eigenvalue weighted by Gasteiger charge is -2.25. The second-order valence-corrected chi connectivity index (χ2v) is 7.91. The fourth-order valence-corrected chi connectivity index (χ4v) is 4.49. The summed E-state index contributed by atoms with van der Waals surface area (Å²) in [6.45, 7) is 4.32. The van der Waals surface area contributed by atoms with E-state index >= 15 is 0 Å². The molecule has 4 rings (SSSR count). The number of thiophene rings is 1. The Morgan fingerprint density at radius 1 is 1.07 bits per heavy atom. The number of amides is 1. The van der Waals surface area contributed by atoms with E-state index in [-0.39, 0.29) is 11.3 Å².